The maximum atomic E-state index is 2.56. The molecular formula is C54H53N. The number of fused-ring (bicyclic) bond motifs is 4. The van der Waals surface area contributed by atoms with Crippen LogP contribution in [-0.2, 0) is 16.2 Å². The molecule has 4 bridgehead atoms. The largest absolute Gasteiger partial charge is 0.310 e. The van der Waals surface area contributed by atoms with Gasteiger partial charge in [0.2, 0.25) is 0 Å². The van der Waals surface area contributed by atoms with E-state index in [9.17, 15) is 0 Å². The van der Waals surface area contributed by atoms with E-state index in [1.54, 1.807) is 11.1 Å². The second-order valence-electron chi connectivity index (χ2n) is 19.2. The standard InChI is InChI=1S/C54H53N/c1-52(2)27-28-53(3,4)49-34-40(21-26-47(49)52)39-19-24-44(25-20-39)55(43-22-17-38(18-23-43)37-11-6-5-7-12-37)50-16-10-15-48-51(50)45-13-8-9-14-46(45)54(48)41-30-35-29-36(32-41)33-42(54)31-35/h5-26,34-36,41-42H,27-33H2,1-4H3. The summed E-state index contributed by atoms with van der Waals surface area (Å²) in [5.41, 5.74) is 18.5. The topological polar surface area (TPSA) is 3.24 Å². The molecule has 0 heterocycles. The molecule has 6 aromatic carbocycles. The van der Waals surface area contributed by atoms with Gasteiger partial charge < -0.3 is 4.90 Å². The molecule has 0 aliphatic heterocycles. The summed E-state index contributed by atoms with van der Waals surface area (Å²) in [6.07, 6.45) is 9.52. The van der Waals surface area contributed by atoms with Gasteiger partial charge >= 0.3 is 0 Å². The third-order valence-corrected chi connectivity index (χ3v) is 15.3. The number of anilines is 3. The van der Waals surface area contributed by atoms with Gasteiger partial charge in [0.15, 0.2) is 0 Å². The van der Waals surface area contributed by atoms with Gasteiger partial charge in [0.1, 0.15) is 0 Å². The van der Waals surface area contributed by atoms with Crippen LogP contribution < -0.4 is 4.90 Å². The van der Waals surface area contributed by atoms with E-state index in [2.05, 4.69) is 172 Å². The van der Waals surface area contributed by atoms with Gasteiger partial charge in [-0.05, 0) is 160 Å². The molecule has 55 heavy (non-hydrogen) atoms. The highest BCUT2D eigenvalue weighted by Gasteiger charge is 2.61. The number of hydrogen-bond donors (Lipinski definition) is 0. The van der Waals surface area contributed by atoms with E-state index in [0.717, 1.165) is 23.7 Å². The molecular weight excluding hydrogens is 663 g/mol. The molecule has 1 spiro atoms. The summed E-state index contributed by atoms with van der Waals surface area (Å²) in [6.45, 7) is 9.69. The molecule has 0 amide bonds. The predicted octanol–water partition coefficient (Wildman–Crippen LogP) is 14.6. The van der Waals surface area contributed by atoms with Gasteiger partial charge in [-0.1, -0.05) is 137 Å². The molecule has 6 aromatic rings. The van der Waals surface area contributed by atoms with E-state index in [4.69, 9.17) is 0 Å². The minimum Gasteiger partial charge on any atom is -0.310 e. The van der Waals surface area contributed by atoms with E-state index in [1.807, 2.05) is 0 Å². The summed E-state index contributed by atoms with van der Waals surface area (Å²) in [5.74, 6) is 3.34. The van der Waals surface area contributed by atoms with E-state index in [-0.39, 0.29) is 16.2 Å². The number of nitrogens with zero attached hydrogens (tertiary/aromatic N) is 1. The molecule has 0 N–H and O–H groups in total. The fraction of sp³-hybridized carbons (Fsp3) is 0.333. The van der Waals surface area contributed by atoms with Gasteiger partial charge in [0.05, 0.1) is 5.69 Å². The van der Waals surface area contributed by atoms with Crippen molar-refractivity contribution in [3.8, 4) is 33.4 Å². The zero-order valence-corrected chi connectivity index (χ0v) is 33.0. The Hall–Kier alpha value is -4.88. The Morgan fingerprint density at radius 3 is 1.62 bits per heavy atom. The molecule has 4 fully saturated rings. The second-order valence-corrected chi connectivity index (χ2v) is 19.2. The van der Waals surface area contributed by atoms with Gasteiger partial charge in [0, 0.05) is 22.4 Å². The van der Waals surface area contributed by atoms with Crippen LogP contribution in [0.25, 0.3) is 33.4 Å². The summed E-state index contributed by atoms with van der Waals surface area (Å²) in [6, 6.07) is 53.7. The van der Waals surface area contributed by atoms with Crippen molar-refractivity contribution in [1.29, 1.82) is 0 Å². The minimum atomic E-state index is 0.136. The highest BCUT2D eigenvalue weighted by Crippen LogP contribution is 2.70. The van der Waals surface area contributed by atoms with Gasteiger partial charge in [-0.2, -0.15) is 0 Å². The maximum Gasteiger partial charge on any atom is 0.0543 e. The van der Waals surface area contributed by atoms with Crippen molar-refractivity contribution in [3.63, 3.8) is 0 Å². The van der Waals surface area contributed by atoms with Crippen molar-refractivity contribution in [2.24, 2.45) is 23.7 Å². The molecule has 0 aromatic heterocycles. The van der Waals surface area contributed by atoms with Crippen molar-refractivity contribution < 1.29 is 0 Å². The first-order chi connectivity index (χ1) is 26.7. The molecule has 274 valence electrons. The highest BCUT2D eigenvalue weighted by atomic mass is 15.1. The quantitative estimate of drug-likeness (QED) is 0.172. The van der Waals surface area contributed by atoms with Crippen LogP contribution in [0.2, 0.25) is 0 Å². The van der Waals surface area contributed by atoms with Crippen molar-refractivity contribution in [2.45, 2.75) is 88.9 Å². The monoisotopic (exact) mass is 715 g/mol. The molecule has 0 atom stereocenters. The third kappa shape index (κ3) is 4.97. The summed E-state index contributed by atoms with van der Waals surface area (Å²) >= 11 is 0. The Bertz CT molecular complexity index is 2400. The molecule has 1 nitrogen and oxygen atoms in total. The normalized spacial score (nSPS) is 26.0. The highest BCUT2D eigenvalue weighted by molar-refractivity contribution is 5.96. The van der Waals surface area contributed by atoms with Gasteiger partial charge in [-0.3, -0.25) is 0 Å². The van der Waals surface area contributed by atoms with Crippen LogP contribution in [0.1, 0.15) is 94.9 Å². The molecule has 4 saturated carbocycles. The summed E-state index contributed by atoms with van der Waals surface area (Å²) in [4.78, 5) is 2.56. The number of hydrogen-bond acceptors (Lipinski definition) is 1. The molecule has 0 saturated heterocycles. The zero-order chi connectivity index (χ0) is 37.1. The third-order valence-electron chi connectivity index (χ3n) is 15.3. The van der Waals surface area contributed by atoms with Crippen LogP contribution in [-0.4, -0.2) is 0 Å². The zero-order valence-electron chi connectivity index (χ0n) is 33.0. The lowest BCUT2D eigenvalue weighted by atomic mass is 9.43. The molecule has 6 aliphatic carbocycles. The first kappa shape index (κ1) is 33.5. The van der Waals surface area contributed by atoms with Crippen molar-refractivity contribution >= 4 is 17.1 Å². The van der Waals surface area contributed by atoms with Gasteiger partial charge in [-0.15, -0.1) is 0 Å². The smallest absolute Gasteiger partial charge is 0.0543 e. The van der Waals surface area contributed by atoms with Crippen LogP contribution in [0.5, 0.6) is 0 Å². The molecule has 1 heteroatoms. The number of rotatable bonds is 5. The van der Waals surface area contributed by atoms with E-state index in [1.165, 1.54) is 107 Å². The Morgan fingerprint density at radius 1 is 0.436 bits per heavy atom. The fourth-order valence-electron chi connectivity index (χ4n) is 12.8. The average molecular weight is 716 g/mol. The Kier molecular flexibility index (Phi) is 7.34. The molecule has 0 unspecified atom stereocenters. The van der Waals surface area contributed by atoms with Crippen molar-refractivity contribution in [1.82, 2.24) is 0 Å². The van der Waals surface area contributed by atoms with Crippen LogP contribution in [0.15, 0.2) is 140 Å². The SMILES string of the molecule is CC1(C)CCC(C)(C)c2cc(-c3ccc(N(c4ccc(-c5ccccc5)cc4)c4cccc5c4-c4ccccc4C54C5CC6CC(C5)CC4C6)cc3)ccc21. The average Bonchev–Trinajstić information content (AvgIpc) is 3.51. The summed E-state index contributed by atoms with van der Waals surface area (Å²) < 4.78 is 0. The van der Waals surface area contributed by atoms with Crippen molar-refractivity contribution in [2.75, 3.05) is 4.90 Å². The summed E-state index contributed by atoms with van der Waals surface area (Å²) in [5, 5.41) is 0. The van der Waals surface area contributed by atoms with Crippen LogP contribution >= 0.6 is 0 Å². The van der Waals surface area contributed by atoms with E-state index in [0.29, 0.717) is 0 Å². The van der Waals surface area contributed by atoms with Gasteiger partial charge in [-0.25, -0.2) is 0 Å². The van der Waals surface area contributed by atoms with E-state index < -0.39 is 0 Å². The van der Waals surface area contributed by atoms with Crippen LogP contribution in [0.3, 0.4) is 0 Å². The van der Waals surface area contributed by atoms with Crippen molar-refractivity contribution in [3.05, 3.63) is 162 Å². The molecule has 6 aliphatic rings. The molecule has 0 radical (unpaired) electrons. The Labute approximate surface area is 328 Å². The lowest BCUT2D eigenvalue weighted by Gasteiger charge is -2.61. The maximum absolute atomic E-state index is 2.56. The lowest BCUT2D eigenvalue weighted by Crippen LogP contribution is -2.55. The Balaban J connectivity index is 1.06. The van der Waals surface area contributed by atoms with E-state index >= 15 is 0 Å². The Morgan fingerprint density at radius 2 is 0.964 bits per heavy atom. The number of benzene rings is 6. The summed E-state index contributed by atoms with van der Waals surface area (Å²) in [7, 11) is 0. The van der Waals surface area contributed by atoms with Crippen LogP contribution in [0.4, 0.5) is 17.1 Å². The lowest BCUT2D eigenvalue weighted by molar-refractivity contribution is -0.0399. The predicted molar refractivity (Wildman–Crippen MR) is 231 cm³/mol. The van der Waals surface area contributed by atoms with Gasteiger partial charge in [0.25, 0.3) is 0 Å². The van der Waals surface area contributed by atoms with Crippen LogP contribution in [0, 0.1) is 23.7 Å². The first-order valence-electron chi connectivity index (χ1n) is 21.2. The first-order valence-corrected chi connectivity index (χ1v) is 21.2. The minimum absolute atomic E-state index is 0.136. The second kappa shape index (κ2) is 12.1. The molecule has 12 rings (SSSR count). The fourth-order valence-corrected chi connectivity index (χ4v) is 12.8.